The maximum atomic E-state index is 12.7. The third-order valence-corrected chi connectivity index (χ3v) is 5.37. The molecule has 0 bridgehead atoms. The highest BCUT2D eigenvalue weighted by Crippen LogP contribution is 2.21. The third-order valence-electron chi connectivity index (χ3n) is 5.37. The van der Waals surface area contributed by atoms with Crippen LogP contribution in [0.3, 0.4) is 0 Å². The van der Waals surface area contributed by atoms with Crippen LogP contribution in [0.5, 0.6) is 0 Å². The van der Waals surface area contributed by atoms with Gasteiger partial charge in [-0.1, -0.05) is 50.1 Å². The predicted octanol–water partition coefficient (Wildman–Crippen LogP) is 3.50. The van der Waals surface area contributed by atoms with Crippen molar-refractivity contribution in [3.8, 4) is 0 Å². The number of benzene rings is 1. The number of imidazole rings is 1. The monoisotopic (exact) mass is 396 g/mol. The summed E-state index contributed by atoms with van der Waals surface area (Å²) in [7, 11) is 0. The van der Waals surface area contributed by atoms with Gasteiger partial charge in [-0.25, -0.2) is 4.98 Å². The van der Waals surface area contributed by atoms with Gasteiger partial charge in [0, 0.05) is 19.6 Å². The first-order valence-corrected chi connectivity index (χ1v) is 10.9. The minimum absolute atomic E-state index is 0.158. The van der Waals surface area contributed by atoms with E-state index in [9.17, 15) is 9.59 Å². The fraction of sp³-hybridized carbons (Fsp3) is 0.522. The fourth-order valence-corrected chi connectivity index (χ4v) is 3.78. The van der Waals surface area contributed by atoms with Crippen LogP contribution < -0.4 is 10.6 Å². The van der Waals surface area contributed by atoms with E-state index in [2.05, 4.69) is 34.7 Å². The number of carbonyl (C=O) groups is 2. The van der Waals surface area contributed by atoms with Crippen LogP contribution in [-0.4, -0.2) is 34.5 Å². The quantitative estimate of drug-likeness (QED) is 0.604. The van der Waals surface area contributed by atoms with Gasteiger partial charge in [0.15, 0.2) is 5.82 Å². The van der Waals surface area contributed by atoms with Crippen LogP contribution in [0.2, 0.25) is 0 Å². The van der Waals surface area contributed by atoms with Crippen molar-refractivity contribution >= 4 is 11.8 Å². The van der Waals surface area contributed by atoms with Gasteiger partial charge in [0.2, 0.25) is 0 Å². The Labute approximate surface area is 173 Å². The van der Waals surface area contributed by atoms with Crippen LogP contribution in [0.25, 0.3) is 0 Å². The Morgan fingerprint density at radius 1 is 1.00 bits per heavy atom. The second kappa shape index (κ2) is 10.8. The summed E-state index contributed by atoms with van der Waals surface area (Å²) in [4.78, 5) is 29.8. The zero-order valence-corrected chi connectivity index (χ0v) is 17.4. The zero-order chi connectivity index (χ0) is 20.5. The van der Waals surface area contributed by atoms with E-state index in [1.165, 1.54) is 5.56 Å². The molecule has 1 aromatic heterocycles. The van der Waals surface area contributed by atoms with E-state index in [0.717, 1.165) is 63.6 Å². The number of aromatic nitrogens is 2. The van der Waals surface area contributed by atoms with E-state index in [1.54, 1.807) is 0 Å². The topological polar surface area (TPSA) is 76.0 Å². The van der Waals surface area contributed by atoms with Gasteiger partial charge >= 0.3 is 0 Å². The van der Waals surface area contributed by atoms with Gasteiger partial charge in [0.25, 0.3) is 11.8 Å². The molecule has 3 rings (SSSR count). The van der Waals surface area contributed by atoms with Gasteiger partial charge in [-0.15, -0.1) is 0 Å². The van der Waals surface area contributed by atoms with Crippen molar-refractivity contribution in [3.05, 3.63) is 53.1 Å². The van der Waals surface area contributed by atoms with E-state index >= 15 is 0 Å². The SMILES string of the molecule is CCCCCNC(=O)c1nc(C(=O)NCCCc2ccccc2)n2c1CCCC2. The van der Waals surface area contributed by atoms with Crippen molar-refractivity contribution in [1.29, 1.82) is 0 Å². The molecular formula is C23H32N4O2. The summed E-state index contributed by atoms with van der Waals surface area (Å²) in [5.41, 5.74) is 2.59. The highest BCUT2D eigenvalue weighted by molar-refractivity contribution is 5.97. The minimum atomic E-state index is -0.189. The van der Waals surface area contributed by atoms with Gasteiger partial charge in [-0.05, 0) is 44.1 Å². The molecule has 2 aromatic rings. The number of rotatable bonds is 10. The van der Waals surface area contributed by atoms with Crippen molar-refractivity contribution in [3.63, 3.8) is 0 Å². The summed E-state index contributed by atoms with van der Waals surface area (Å²) in [5.74, 6) is 0.0271. The molecule has 6 nitrogen and oxygen atoms in total. The number of fused-ring (bicyclic) bond motifs is 1. The van der Waals surface area contributed by atoms with E-state index in [-0.39, 0.29) is 11.8 Å². The molecule has 0 saturated heterocycles. The van der Waals surface area contributed by atoms with Gasteiger partial charge in [-0.3, -0.25) is 9.59 Å². The fourth-order valence-electron chi connectivity index (χ4n) is 3.78. The Balaban J connectivity index is 1.60. The lowest BCUT2D eigenvalue weighted by Gasteiger charge is -2.17. The normalized spacial score (nSPS) is 13.0. The lowest BCUT2D eigenvalue weighted by molar-refractivity contribution is 0.0937. The Bertz CT molecular complexity index is 814. The second-order valence-corrected chi connectivity index (χ2v) is 7.65. The summed E-state index contributed by atoms with van der Waals surface area (Å²) >= 11 is 0. The molecule has 2 heterocycles. The Hall–Kier alpha value is -2.63. The molecule has 2 amide bonds. The number of amides is 2. The number of aryl methyl sites for hydroxylation is 1. The number of nitrogens with one attached hydrogen (secondary N) is 2. The standard InChI is InChI=1S/C23H32N4O2/c1-2-3-8-15-24-22(28)20-19-14-7-9-17-27(19)21(26-20)23(29)25-16-10-13-18-11-5-4-6-12-18/h4-6,11-12H,2-3,7-10,13-17H2,1H3,(H,24,28)(H,25,29). The maximum absolute atomic E-state index is 12.7. The smallest absolute Gasteiger partial charge is 0.287 e. The highest BCUT2D eigenvalue weighted by Gasteiger charge is 2.27. The van der Waals surface area contributed by atoms with Crippen molar-refractivity contribution in [2.75, 3.05) is 13.1 Å². The summed E-state index contributed by atoms with van der Waals surface area (Å²) in [6, 6.07) is 10.2. The van der Waals surface area contributed by atoms with Crippen LogP contribution in [0.1, 0.15) is 77.8 Å². The molecule has 0 aliphatic carbocycles. The van der Waals surface area contributed by atoms with Crippen LogP contribution in [-0.2, 0) is 19.4 Å². The molecule has 0 unspecified atom stereocenters. The highest BCUT2D eigenvalue weighted by atomic mass is 16.2. The molecule has 0 saturated carbocycles. The third kappa shape index (κ3) is 5.68. The van der Waals surface area contributed by atoms with Crippen molar-refractivity contribution in [1.82, 2.24) is 20.2 Å². The number of unbranched alkanes of at least 4 members (excludes halogenated alkanes) is 2. The molecule has 156 valence electrons. The first-order chi connectivity index (χ1) is 14.2. The lowest BCUT2D eigenvalue weighted by atomic mass is 10.1. The minimum Gasteiger partial charge on any atom is -0.351 e. The molecule has 1 aromatic carbocycles. The van der Waals surface area contributed by atoms with E-state index in [4.69, 9.17) is 0 Å². The van der Waals surface area contributed by atoms with Crippen molar-refractivity contribution in [2.45, 2.75) is 64.8 Å². The molecule has 0 fully saturated rings. The lowest BCUT2D eigenvalue weighted by Crippen LogP contribution is -2.29. The molecule has 1 aliphatic heterocycles. The number of carbonyl (C=O) groups excluding carboxylic acids is 2. The number of hydrogen-bond acceptors (Lipinski definition) is 3. The van der Waals surface area contributed by atoms with Crippen LogP contribution in [0.4, 0.5) is 0 Å². The predicted molar refractivity (Wildman–Crippen MR) is 114 cm³/mol. The molecule has 0 spiro atoms. The Morgan fingerprint density at radius 3 is 2.55 bits per heavy atom. The van der Waals surface area contributed by atoms with E-state index in [0.29, 0.717) is 24.6 Å². The summed E-state index contributed by atoms with van der Waals surface area (Å²) in [5, 5.41) is 5.94. The zero-order valence-electron chi connectivity index (χ0n) is 17.4. The van der Waals surface area contributed by atoms with Gasteiger partial charge in [-0.2, -0.15) is 0 Å². The molecular weight excluding hydrogens is 364 g/mol. The van der Waals surface area contributed by atoms with E-state index < -0.39 is 0 Å². The molecule has 0 atom stereocenters. The van der Waals surface area contributed by atoms with Crippen molar-refractivity contribution in [2.24, 2.45) is 0 Å². The average Bonchev–Trinajstić information content (AvgIpc) is 3.15. The first kappa shape index (κ1) is 21.1. The van der Waals surface area contributed by atoms with Crippen LogP contribution in [0.15, 0.2) is 30.3 Å². The Morgan fingerprint density at radius 2 is 1.76 bits per heavy atom. The maximum Gasteiger partial charge on any atom is 0.287 e. The molecule has 2 N–H and O–H groups in total. The molecule has 1 aliphatic rings. The Kier molecular flexibility index (Phi) is 7.85. The number of hydrogen-bond donors (Lipinski definition) is 2. The largest absolute Gasteiger partial charge is 0.351 e. The van der Waals surface area contributed by atoms with Crippen molar-refractivity contribution < 1.29 is 9.59 Å². The number of nitrogens with zero attached hydrogens (tertiary/aromatic N) is 2. The second-order valence-electron chi connectivity index (χ2n) is 7.65. The van der Waals surface area contributed by atoms with Gasteiger partial charge in [0.05, 0.1) is 5.69 Å². The molecule has 29 heavy (non-hydrogen) atoms. The molecule has 6 heteroatoms. The van der Waals surface area contributed by atoms with Gasteiger partial charge in [0.1, 0.15) is 5.69 Å². The van der Waals surface area contributed by atoms with Crippen LogP contribution in [0, 0.1) is 0 Å². The van der Waals surface area contributed by atoms with E-state index in [1.807, 2.05) is 22.8 Å². The summed E-state index contributed by atoms with van der Waals surface area (Å²) in [6.07, 6.45) is 7.80. The first-order valence-electron chi connectivity index (χ1n) is 10.9. The summed E-state index contributed by atoms with van der Waals surface area (Å²) < 4.78 is 1.94. The average molecular weight is 397 g/mol. The van der Waals surface area contributed by atoms with Crippen LogP contribution >= 0.6 is 0 Å². The summed E-state index contributed by atoms with van der Waals surface area (Å²) in [6.45, 7) is 4.13. The molecule has 0 radical (unpaired) electrons. The van der Waals surface area contributed by atoms with Gasteiger partial charge < -0.3 is 15.2 Å².